The summed E-state index contributed by atoms with van der Waals surface area (Å²) in [5.41, 5.74) is 0.876. The van der Waals surface area contributed by atoms with E-state index in [2.05, 4.69) is 4.99 Å². The SMILES string of the molecule is O=C(O)[C@H]1O[C@@H](Oc2ccc3c(c2)SC=CN=C3)[C@H](O)[C@@H](O)[C@@H]1O. The third-order valence-corrected chi connectivity index (χ3v) is 4.47. The number of aliphatic hydroxyl groups is 3. The summed E-state index contributed by atoms with van der Waals surface area (Å²) in [6.45, 7) is 0. The van der Waals surface area contributed by atoms with Gasteiger partial charge in [0.15, 0.2) is 6.10 Å². The lowest BCUT2D eigenvalue weighted by Gasteiger charge is -2.38. The zero-order valence-corrected chi connectivity index (χ0v) is 13.0. The second kappa shape index (κ2) is 6.91. The smallest absolute Gasteiger partial charge is 0.335 e. The van der Waals surface area contributed by atoms with Crippen LogP contribution >= 0.6 is 11.8 Å². The number of aliphatic hydroxyl groups excluding tert-OH is 3. The molecule has 1 aromatic carbocycles. The van der Waals surface area contributed by atoms with Crippen molar-refractivity contribution < 1.29 is 34.7 Å². The Morgan fingerprint density at radius 1 is 1.21 bits per heavy atom. The van der Waals surface area contributed by atoms with Crippen molar-refractivity contribution in [2.24, 2.45) is 4.99 Å². The molecular formula is C15H15NO7S. The average Bonchev–Trinajstić information content (AvgIpc) is 2.80. The standard InChI is InChI=1S/C15H15NO7S/c17-10-11(18)13(14(20)21)23-15(12(10)19)22-8-2-1-7-6-16-3-4-24-9(7)5-8/h1-6,10-13,15,17-19H,(H,20,21)/t10-,11-,12+,13-,15+/m0/s1. The molecule has 0 aliphatic carbocycles. The minimum atomic E-state index is -1.75. The van der Waals surface area contributed by atoms with Gasteiger partial charge in [0.2, 0.25) is 6.29 Å². The molecule has 8 nitrogen and oxygen atoms in total. The minimum absolute atomic E-state index is 0.321. The minimum Gasteiger partial charge on any atom is -0.479 e. The summed E-state index contributed by atoms with van der Waals surface area (Å²) >= 11 is 1.42. The predicted molar refractivity (Wildman–Crippen MR) is 84.0 cm³/mol. The van der Waals surface area contributed by atoms with Gasteiger partial charge >= 0.3 is 5.97 Å². The summed E-state index contributed by atoms with van der Waals surface area (Å²) in [5.74, 6) is -1.14. The Balaban J connectivity index is 1.80. The van der Waals surface area contributed by atoms with Crippen molar-refractivity contribution in [2.75, 3.05) is 0 Å². The lowest BCUT2D eigenvalue weighted by molar-refractivity contribution is -0.271. The number of hydrogen-bond acceptors (Lipinski definition) is 8. The number of ether oxygens (including phenoxy) is 2. The molecule has 128 valence electrons. The first-order valence-corrected chi connectivity index (χ1v) is 7.93. The molecule has 1 aromatic rings. The van der Waals surface area contributed by atoms with Crippen LogP contribution in [-0.2, 0) is 9.53 Å². The number of carboxylic acids is 1. The second-order valence-electron chi connectivity index (χ2n) is 5.23. The van der Waals surface area contributed by atoms with Crippen molar-refractivity contribution in [1.82, 2.24) is 0 Å². The van der Waals surface area contributed by atoms with E-state index in [0.29, 0.717) is 5.75 Å². The highest BCUT2D eigenvalue weighted by Crippen LogP contribution is 2.31. The van der Waals surface area contributed by atoms with Crippen LogP contribution in [0, 0.1) is 0 Å². The summed E-state index contributed by atoms with van der Waals surface area (Å²) < 4.78 is 10.6. The first kappa shape index (κ1) is 16.9. The molecule has 4 N–H and O–H groups in total. The molecule has 1 fully saturated rings. The molecule has 3 rings (SSSR count). The Morgan fingerprint density at radius 3 is 2.75 bits per heavy atom. The number of rotatable bonds is 3. The van der Waals surface area contributed by atoms with Crippen LogP contribution in [0.3, 0.4) is 0 Å². The van der Waals surface area contributed by atoms with Gasteiger partial charge in [-0.05, 0) is 23.6 Å². The van der Waals surface area contributed by atoms with E-state index in [1.54, 1.807) is 36.0 Å². The van der Waals surface area contributed by atoms with Crippen LogP contribution in [0.2, 0.25) is 0 Å². The van der Waals surface area contributed by atoms with E-state index in [1.807, 2.05) is 0 Å². The summed E-state index contributed by atoms with van der Waals surface area (Å²) in [6.07, 6.45) is -4.84. The van der Waals surface area contributed by atoms with Crippen LogP contribution in [-0.4, -0.2) is 63.3 Å². The zero-order chi connectivity index (χ0) is 17.3. The second-order valence-corrected chi connectivity index (χ2v) is 6.18. The lowest BCUT2D eigenvalue weighted by Crippen LogP contribution is -2.61. The number of carboxylic acid groups (broad SMARTS) is 1. The molecule has 1 saturated heterocycles. The molecule has 0 unspecified atom stereocenters. The van der Waals surface area contributed by atoms with Gasteiger partial charge in [0.25, 0.3) is 0 Å². The maximum atomic E-state index is 11.1. The Labute approximate surface area is 141 Å². The Bertz CT molecular complexity index is 692. The van der Waals surface area contributed by atoms with E-state index in [-0.39, 0.29) is 0 Å². The van der Waals surface area contributed by atoms with Crippen LogP contribution in [0.5, 0.6) is 5.75 Å². The molecule has 0 saturated carbocycles. The molecular weight excluding hydrogens is 338 g/mol. The van der Waals surface area contributed by atoms with Crippen LogP contribution in [0.1, 0.15) is 5.56 Å². The van der Waals surface area contributed by atoms with Gasteiger partial charge in [-0.1, -0.05) is 11.8 Å². The number of aliphatic imine (C=N–C) groups is 1. The summed E-state index contributed by atoms with van der Waals surface area (Å²) in [4.78, 5) is 16.0. The largest absolute Gasteiger partial charge is 0.479 e. The number of nitrogens with zero attached hydrogens (tertiary/aromatic N) is 1. The summed E-state index contributed by atoms with van der Waals surface area (Å²) in [5, 5.41) is 40.2. The number of hydrogen-bond donors (Lipinski definition) is 4. The van der Waals surface area contributed by atoms with Crippen molar-refractivity contribution in [3.8, 4) is 5.75 Å². The topological polar surface area (TPSA) is 129 Å². The third kappa shape index (κ3) is 3.30. The van der Waals surface area contributed by atoms with Crippen LogP contribution in [0.25, 0.3) is 0 Å². The summed E-state index contributed by atoms with van der Waals surface area (Å²) in [7, 11) is 0. The Hall–Kier alpha value is -1.91. The van der Waals surface area contributed by atoms with Gasteiger partial charge in [-0.15, -0.1) is 0 Å². The van der Waals surface area contributed by atoms with E-state index in [9.17, 15) is 20.1 Å². The predicted octanol–water partition coefficient (Wildman–Crippen LogP) is -0.0466. The molecule has 0 spiro atoms. The van der Waals surface area contributed by atoms with E-state index in [1.165, 1.54) is 11.8 Å². The van der Waals surface area contributed by atoms with E-state index in [0.717, 1.165) is 10.5 Å². The molecule has 2 aliphatic rings. The maximum absolute atomic E-state index is 11.1. The summed E-state index contributed by atoms with van der Waals surface area (Å²) in [6, 6.07) is 5.05. The van der Waals surface area contributed by atoms with Gasteiger partial charge in [0.05, 0.1) is 0 Å². The molecule has 0 bridgehead atoms. The monoisotopic (exact) mass is 353 g/mol. The van der Waals surface area contributed by atoms with Crippen LogP contribution < -0.4 is 4.74 Å². The number of fused-ring (bicyclic) bond motifs is 1. The normalized spacial score (nSPS) is 32.0. The fourth-order valence-electron chi connectivity index (χ4n) is 2.34. The molecule has 5 atom stereocenters. The van der Waals surface area contributed by atoms with Crippen molar-refractivity contribution >= 4 is 23.9 Å². The first-order valence-electron chi connectivity index (χ1n) is 7.05. The highest BCUT2D eigenvalue weighted by molar-refractivity contribution is 8.02. The molecule has 9 heteroatoms. The average molecular weight is 353 g/mol. The quantitative estimate of drug-likeness (QED) is 0.595. The molecule has 0 amide bonds. The van der Waals surface area contributed by atoms with E-state index < -0.39 is 36.7 Å². The molecule has 0 radical (unpaired) electrons. The van der Waals surface area contributed by atoms with Gasteiger partial charge in [-0.2, -0.15) is 0 Å². The molecule has 2 aliphatic heterocycles. The first-order chi connectivity index (χ1) is 11.5. The van der Waals surface area contributed by atoms with Gasteiger partial charge in [-0.25, -0.2) is 4.79 Å². The van der Waals surface area contributed by atoms with Gasteiger partial charge in [0, 0.05) is 22.9 Å². The van der Waals surface area contributed by atoms with Crippen molar-refractivity contribution in [1.29, 1.82) is 0 Å². The number of thioether (sulfide) groups is 1. The number of aliphatic carboxylic acids is 1. The molecule has 0 aromatic heterocycles. The van der Waals surface area contributed by atoms with Gasteiger partial charge in [0.1, 0.15) is 24.1 Å². The lowest BCUT2D eigenvalue weighted by atomic mass is 9.99. The van der Waals surface area contributed by atoms with Crippen molar-refractivity contribution in [3.05, 3.63) is 35.4 Å². The molecule has 2 heterocycles. The van der Waals surface area contributed by atoms with Crippen LogP contribution in [0.4, 0.5) is 0 Å². The van der Waals surface area contributed by atoms with Crippen molar-refractivity contribution in [3.63, 3.8) is 0 Å². The third-order valence-electron chi connectivity index (χ3n) is 3.61. The Kier molecular flexibility index (Phi) is 4.88. The zero-order valence-electron chi connectivity index (χ0n) is 12.2. The fraction of sp³-hybridized carbons (Fsp3) is 0.333. The van der Waals surface area contributed by atoms with E-state index >= 15 is 0 Å². The highest BCUT2D eigenvalue weighted by Gasteiger charge is 2.48. The van der Waals surface area contributed by atoms with Crippen LogP contribution in [0.15, 0.2) is 39.7 Å². The van der Waals surface area contributed by atoms with E-state index in [4.69, 9.17) is 14.6 Å². The molecule has 24 heavy (non-hydrogen) atoms. The maximum Gasteiger partial charge on any atom is 0.335 e. The Morgan fingerprint density at radius 2 is 2.00 bits per heavy atom. The van der Waals surface area contributed by atoms with Crippen molar-refractivity contribution in [2.45, 2.75) is 35.6 Å². The fourth-order valence-corrected chi connectivity index (χ4v) is 3.06. The van der Waals surface area contributed by atoms with Gasteiger partial charge < -0.3 is 29.9 Å². The van der Waals surface area contributed by atoms with Gasteiger partial charge in [-0.3, -0.25) is 4.99 Å². The highest BCUT2D eigenvalue weighted by atomic mass is 32.2. The number of carbonyl (C=O) groups is 1. The number of benzene rings is 1.